The molecule has 0 fully saturated rings. The number of hydrogen-bond donors (Lipinski definition) is 1. The van der Waals surface area contributed by atoms with Crippen LogP contribution in [0.3, 0.4) is 0 Å². The van der Waals surface area contributed by atoms with E-state index in [1.54, 1.807) is 12.1 Å². The summed E-state index contributed by atoms with van der Waals surface area (Å²) >= 11 is 0. The van der Waals surface area contributed by atoms with Gasteiger partial charge >= 0.3 is 0 Å². The van der Waals surface area contributed by atoms with E-state index in [0.29, 0.717) is 17.9 Å². The van der Waals surface area contributed by atoms with E-state index in [1.165, 1.54) is 5.56 Å². The van der Waals surface area contributed by atoms with Crippen LogP contribution in [0.5, 0.6) is 0 Å². The summed E-state index contributed by atoms with van der Waals surface area (Å²) in [4.78, 5) is 0. The van der Waals surface area contributed by atoms with E-state index in [-0.39, 0.29) is 5.82 Å². The van der Waals surface area contributed by atoms with Gasteiger partial charge in [-0.2, -0.15) is 0 Å². The minimum Gasteiger partial charge on any atom is -0.313 e. The molecule has 2 rings (SSSR count). The Morgan fingerprint density at radius 3 is 2.73 bits per heavy atom. The van der Waals surface area contributed by atoms with Crippen LogP contribution in [0.15, 0.2) is 18.2 Å². The molecule has 0 saturated carbocycles. The molecule has 2 heteroatoms. The molecule has 0 radical (unpaired) electrons. The van der Waals surface area contributed by atoms with Crippen molar-refractivity contribution in [3.8, 4) is 0 Å². The molecule has 0 spiro atoms. The van der Waals surface area contributed by atoms with Gasteiger partial charge in [0.25, 0.3) is 0 Å². The van der Waals surface area contributed by atoms with Crippen LogP contribution in [-0.2, 0) is 6.42 Å². The van der Waals surface area contributed by atoms with Crippen molar-refractivity contribution in [2.45, 2.75) is 26.3 Å². The minimum absolute atomic E-state index is 0.129. The number of halogens is 1. The summed E-state index contributed by atoms with van der Waals surface area (Å²) in [6.45, 7) is 4.50. The fraction of sp³-hybridized carbons (Fsp3) is 0.538. The number of nitrogens with one attached hydrogen (secondary N) is 1. The number of rotatable bonds is 1. The van der Waals surface area contributed by atoms with Gasteiger partial charge in [-0.1, -0.05) is 19.9 Å². The molecular weight excluding hydrogens is 189 g/mol. The summed E-state index contributed by atoms with van der Waals surface area (Å²) in [5.74, 6) is 1.08. The van der Waals surface area contributed by atoms with Crippen LogP contribution < -0.4 is 5.32 Å². The third-order valence-electron chi connectivity index (χ3n) is 3.72. The van der Waals surface area contributed by atoms with E-state index >= 15 is 0 Å². The van der Waals surface area contributed by atoms with Gasteiger partial charge < -0.3 is 5.32 Å². The molecule has 1 aliphatic rings. The van der Waals surface area contributed by atoms with Gasteiger partial charge in [0.2, 0.25) is 0 Å². The SMILES string of the molecule is CNC1c2cc(F)ccc2CC(C)C1C. The van der Waals surface area contributed by atoms with Gasteiger partial charge in [0.15, 0.2) is 0 Å². The van der Waals surface area contributed by atoms with E-state index in [0.717, 1.165) is 12.0 Å². The molecule has 0 aromatic heterocycles. The van der Waals surface area contributed by atoms with E-state index in [2.05, 4.69) is 19.2 Å². The molecule has 1 N–H and O–H groups in total. The summed E-state index contributed by atoms with van der Waals surface area (Å²) in [7, 11) is 1.95. The molecule has 1 nitrogen and oxygen atoms in total. The van der Waals surface area contributed by atoms with E-state index in [4.69, 9.17) is 0 Å². The first-order valence-corrected chi connectivity index (χ1v) is 5.59. The minimum atomic E-state index is -0.129. The van der Waals surface area contributed by atoms with Gasteiger partial charge in [0.1, 0.15) is 5.82 Å². The third kappa shape index (κ3) is 1.78. The molecule has 1 aromatic carbocycles. The summed E-state index contributed by atoms with van der Waals surface area (Å²) in [6, 6.07) is 5.46. The van der Waals surface area contributed by atoms with Gasteiger partial charge in [-0.15, -0.1) is 0 Å². The van der Waals surface area contributed by atoms with Crippen molar-refractivity contribution in [2.75, 3.05) is 7.05 Å². The molecular formula is C13H18FN. The zero-order valence-electron chi connectivity index (χ0n) is 9.55. The van der Waals surface area contributed by atoms with Crippen LogP contribution in [0.1, 0.15) is 31.0 Å². The lowest BCUT2D eigenvalue weighted by atomic mass is 9.74. The van der Waals surface area contributed by atoms with Gasteiger partial charge in [-0.05, 0) is 48.6 Å². The second-order valence-electron chi connectivity index (χ2n) is 4.65. The average Bonchev–Trinajstić information content (AvgIpc) is 2.21. The molecule has 3 unspecified atom stereocenters. The van der Waals surface area contributed by atoms with E-state index < -0.39 is 0 Å². The van der Waals surface area contributed by atoms with Crippen LogP contribution in [0.2, 0.25) is 0 Å². The Morgan fingerprint density at radius 2 is 2.07 bits per heavy atom. The molecule has 0 saturated heterocycles. The van der Waals surface area contributed by atoms with Gasteiger partial charge in [0.05, 0.1) is 0 Å². The highest BCUT2D eigenvalue weighted by molar-refractivity contribution is 5.34. The summed E-state index contributed by atoms with van der Waals surface area (Å²) in [5, 5.41) is 3.30. The normalized spacial score (nSPS) is 30.0. The van der Waals surface area contributed by atoms with Crippen molar-refractivity contribution in [3.05, 3.63) is 35.1 Å². The summed E-state index contributed by atoms with van der Waals surface area (Å²) < 4.78 is 13.2. The van der Waals surface area contributed by atoms with Crippen molar-refractivity contribution in [2.24, 2.45) is 11.8 Å². The molecule has 15 heavy (non-hydrogen) atoms. The Labute approximate surface area is 90.7 Å². The average molecular weight is 207 g/mol. The van der Waals surface area contributed by atoms with Gasteiger partial charge in [-0.3, -0.25) is 0 Å². The first-order chi connectivity index (χ1) is 7.13. The Bertz CT molecular complexity index is 362. The molecule has 0 bridgehead atoms. The Morgan fingerprint density at radius 1 is 1.33 bits per heavy atom. The van der Waals surface area contributed by atoms with Crippen LogP contribution in [0.4, 0.5) is 4.39 Å². The molecule has 1 aliphatic carbocycles. The topological polar surface area (TPSA) is 12.0 Å². The zero-order chi connectivity index (χ0) is 11.0. The number of fused-ring (bicyclic) bond motifs is 1. The Kier molecular flexibility index (Phi) is 2.79. The molecule has 0 amide bonds. The predicted molar refractivity (Wildman–Crippen MR) is 60.2 cm³/mol. The quantitative estimate of drug-likeness (QED) is 0.746. The highest BCUT2D eigenvalue weighted by atomic mass is 19.1. The summed E-state index contributed by atoms with van der Waals surface area (Å²) in [5.41, 5.74) is 2.43. The fourth-order valence-electron chi connectivity index (χ4n) is 2.60. The van der Waals surface area contributed by atoms with E-state index in [1.807, 2.05) is 13.1 Å². The summed E-state index contributed by atoms with van der Waals surface area (Å²) in [6.07, 6.45) is 1.06. The number of hydrogen-bond acceptors (Lipinski definition) is 1. The van der Waals surface area contributed by atoms with Crippen LogP contribution in [-0.4, -0.2) is 7.05 Å². The van der Waals surface area contributed by atoms with Crippen LogP contribution >= 0.6 is 0 Å². The molecule has 3 atom stereocenters. The third-order valence-corrected chi connectivity index (χ3v) is 3.72. The first kappa shape index (κ1) is 10.6. The van der Waals surface area contributed by atoms with Gasteiger partial charge in [-0.25, -0.2) is 4.39 Å². The maximum absolute atomic E-state index is 13.2. The molecule has 82 valence electrons. The standard InChI is InChI=1S/C13H18FN/c1-8-6-10-4-5-11(14)7-12(10)13(15-3)9(8)2/h4-5,7-9,13,15H,6H2,1-3H3. The maximum atomic E-state index is 13.2. The smallest absolute Gasteiger partial charge is 0.123 e. The largest absolute Gasteiger partial charge is 0.313 e. The highest BCUT2D eigenvalue weighted by Crippen LogP contribution is 2.37. The Hall–Kier alpha value is -0.890. The van der Waals surface area contributed by atoms with Crippen LogP contribution in [0.25, 0.3) is 0 Å². The highest BCUT2D eigenvalue weighted by Gasteiger charge is 2.30. The van der Waals surface area contributed by atoms with Crippen LogP contribution in [0, 0.1) is 17.7 Å². The maximum Gasteiger partial charge on any atom is 0.123 e. The molecule has 0 heterocycles. The second-order valence-corrected chi connectivity index (χ2v) is 4.65. The zero-order valence-corrected chi connectivity index (χ0v) is 9.55. The molecule has 0 aliphatic heterocycles. The second kappa shape index (κ2) is 3.93. The monoisotopic (exact) mass is 207 g/mol. The lowest BCUT2D eigenvalue weighted by Crippen LogP contribution is -2.33. The fourth-order valence-corrected chi connectivity index (χ4v) is 2.60. The lowest BCUT2D eigenvalue weighted by molar-refractivity contribution is 0.273. The predicted octanol–water partition coefficient (Wildman–Crippen LogP) is 2.91. The molecule has 1 aromatic rings. The van der Waals surface area contributed by atoms with Gasteiger partial charge in [0, 0.05) is 6.04 Å². The van der Waals surface area contributed by atoms with Crippen molar-refractivity contribution in [3.63, 3.8) is 0 Å². The van der Waals surface area contributed by atoms with Crippen molar-refractivity contribution < 1.29 is 4.39 Å². The van der Waals surface area contributed by atoms with E-state index in [9.17, 15) is 4.39 Å². The Balaban J connectivity index is 2.46. The lowest BCUT2D eigenvalue weighted by Gasteiger charge is -2.36. The number of benzene rings is 1. The van der Waals surface area contributed by atoms with Crippen molar-refractivity contribution in [1.29, 1.82) is 0 Å². The van der Waals surface area contributed by atoms with Crippen molar-refractivity contribution in [1.82, 2.24) is 5.32 Å². The first-order valence-electron chi connectivity index (χ1n) is 5.59. The van der Waals surface area contributed by atoms with Crippen molar-refractivity contribution >= 4 is 0 Å².